The number of nitrogens with zero attached hydrogens (tertiary/aromatic N) is 2. The molecule has 2 heterocycles. The van der Waals surface area contributed by atoms with Crippen molar-refractivity contribution in [2.75, 3.05) is 13.1 Å². The number of aromatic amines is 1. The van der Waals surface area contributed by atoms with Crippen LogP contribution in [0.3, 0.4) is 0 Å². The lowest BCUT2D eigenvalue weighted by Gasteiger charge is -2.18. The summed E-state index contributed by atoms with van der Waals surface area (Å²) in [4.78, 5) is 40.0. The molecule has 0 atom stereocenters. The number of aryl methyl sites for hydroxylation is 1. The highest BCUT2D eigenvalue weighted by Crippen LogP contribution is 2.29. The number of carbonyl (C=O) groups excluding carboxylic acids is 3. The molecule has 0 spiro atoms. The lowest BCUT2D eigenvalue weighted by atomic mass is 9.93. The average molecular weight is 421 g/mol. The van der Waals surface area contributed by atoms with E-state index < -0.39 is 17.4 Å². The Labute approximate surface area is 179 Å². The fraction of sp³-hybridized carbons (Fsp3) is 0.333. The van der Waals surface area contributed by atoms with E-state index in [-0.39, 0.29) is 17.0 Å². The molecule has 1 N–H and O–H groups in total. The van der Waals surface area contributed by atoms with Gasteiger partial charge in [0.1, 0.15) is 11.5 Å². The lowest BCUT2D eigenvalue weighted by Crippen LogP contribution is -2.32. The van der Waals surface area contributed by atoms with Crippen LogP contribution in [-0.4, -0.2) is 45.7 Å². The number of hydrogen-bond acceptors (Lipinski definition) is 4. The highest BCUT2D eigenvalue weighted by molar-refractivity contribution is 6.57. The standard InChI is InChI=1S/C24H24FN3O3/c25-19-9-3-7-17-6-1-2-8-18(22(17)19)23(30)21(29)15-16-5-4-13-28(14-11-16)24(31)20-10-12-26-27-20/h3,7-10,12,15H,1-2,4-6,11,13-14H2,(H,26,27)/b16-15-. The van der Waals surface area contributed by atoms with E-state index in [9.17, 15) is 18.8 Å². The van der Waals surface area contributed by atoms with Crippen molar-refractivity contribution in [1.29, 1.82) is 0 Å². The molecule has 0 unspecified atom stereocenters. The molecule has 4 rings (SSSR count). The molecule has 6 nitrogen and oxygen atoms in total. The number of halogens is 1. The third kappa shape index (κ3) is 4.55. The van der Waals surface area contributed by atoms with Crippen molar-refractivity contribution in [2.24, 2.45) is 0 Å². The first-order valence-electron chi connectivity index (χ1n) is 10.6. The van der Waals surface area contributed by atoms with Crippen LogP contribution in [0.5, 0.6) is 0 Å². The number of likely N-dealkylation sites (tertiary alicyclic amines) is 1. The minimum absolute atomic E-state index is 0.128. The number of Topliss-reactive ketones (excluding diaryl/α,β-unsaturated/α-hetero) is 1. The molecule has 0 saturated carbocycles. The zero-order valence-corrected chi connectivity index (χ0v) is 17.2. The summed E-state index contributed by atoms with van der Waals surface area (Å²) in [7, 11) is 0. The highest BCUT2D eigenvalue weighted by Gasteiger charge is 2.26. The predicted octanol–water partition coefficient (Wildman–Crippen LogP) is 3.66. The van der Waals surface area contributed by atoms with E-state index in [1.165, 1.54) is 18.3 Å². The van der Waals surface area contributed by atoms with E-state index in [2.05, 4.69) is 10.2 Å². The quantitative estimate of drug-likeness (QED) is 0.603. The summed E-state index contributed by atoms with van der Waals surface area (Å²) in [6.07, 6.45) is 8.57. The van der Waals surface area contributed by atoms with Crippen LogP contribution in [0, 0.1) is 5.82 Å². The van der Waals surface area contributed by atoms with Gasteiger partial charge in [-0.2, -0.15) is 5.10 Å². The smallest absolute Gasteiger partial charge is 0.271 e. The summed E-state index contributed by atoms with van der Waals surface area (Å²) in [5.74, 6) is -1.90. The van der Waals surface area contributed by atoms with Crippen LogP contribution in [0.1, 0.15) is 53.7 Å². The number of amides is 1. The summed E-state index contributed by atoms with van der Waals surface area (Å²) in [5, 5.41) is 6.49. The zero-order chi connectivity index (χ0) is 21.8. The Balaban J connectivity index is 1.49. The van der Waals surface area contributed by atoms with Gasteiger partial charge in [0.25, 0.3) is 5.91 Å². The third-order valence-corrected chi connectivity index (χ3v) is 5.82. The maximum Gasteiger partial charge on any atom is 0.271 e. The second kappa shape index (κ2) is 9.20. The van der Waals surface area contributed by atoms with Crippen LogP contribution in [0.15, 0.2) is 48.2 Å². The van der Waals surface area contributed by atoms with Crippen molar-refractivity contribution in [3.05, 3.63) is 70.8 Å². The van der Waals surface area contributed by atoms with Gasteiger partial charge in [-0.3, -0.25) is 19.5 Å². The number of rotatable bonds is 4. The van der Waals surface area contributed by atoms with E-state index >= 15 is 0 Å². The fourth-order valence-electron chi connectivity index (χ4n) is 4.21. The van der Waals surface area contributed by atoms with Gasteiger partial charge in [-0.05, 0) is 62.3 Å². The number of H-pyrrole nitrogens is 1. The number of ketones is 2. The van der Waals surface area contributed by atoms with E-state index in [1.54, 1.807) is 23.1 Å². The van der Waals surface area contributed by atoms with Gasteiger partial charge in [0, 0.05) is 30.4 Å². The van der Waals surface area contributed by atoms with Crippen molar-refractivity contribution in [2.45, 2.75) is 38.5 Å². The predicted molar refractivity (Wildman–Crippen MR) is 114 cm³/mol. The normalized spacial score (nSPS) is 18.0. The molecular formula is C24H24FN3O3. The summed E-state index contributed by atoms with van der Waals surface area (Å²) >= 11 is 0. The molecule has 1 aliphatic carbocycles. The second-order valence-corrected chi connectivity index (χ2v) is 7.90. The molecule has 0 radical (unpaired) electrons. The van der Waals surface area contributed by atoms with Gasteiger partial charge in [-0.15, -0.1) is 0 Å². The first-order chi connectivity index (χ1) is 15.0. The van der Waals surface area contributed by atoms with Crippen molar-refractivity contribution in [3.8, 4) is 0 Å². The van der Waals surface area contributed by atoms with Crippen LogP contribution in [0.2, 0.25) is 0 Å². The number of aromatic nitrogens is 2. The molecule has 7 heteroatoms. The average Bonchev–Trinajstić information content (AvgIpc) is 3.08. The Morgan fingerprint density at radius 1 is 1.06 bits per heavy atom. The van der Waals surface area contributed by atoms with Gasteiger partial charge in [0.15, 0.2) is 0 Å². The van der Waals surface area contributed by atoms with Crippen molar-refractivity contribution in [1.82, 2.24) is 15.1 Å². The summed E-state index contributed by atoms with van der Waals surface area (Å²) in [6, 6.07) is 6.39. The molecule has 1 aliphatic heterocycles. The Bertz CT molecular complexity index is 1070. The van der Waals surface area contributed by atoms with E-state index in [0.29, 0.717) is 50.9 Å². The molecule has 2 aliphatic rings. The molecule has 1 aromatic heterocycles. The number of carbonyl (C=O) groups is 3. The van der Waals surface area contributed by atoms with Crippen LogP contribution < -0.4 is 0 Å². The van der Waals surface area contributed by atoms with Gasteiger partial charge in [0.2, 0.25) is 11.6 Å². The van der Waals surface area contributed by atoms with Crippen molar-refractivity contribution in [3.63, 3.8) is 0 Å². The van der Waals surface area contributed by atoms with Gasteiger partial charge < -0.3 is 4.90 Å². The second-order valence-electron chi connectivity index (χ2n) is 7.90. The maximum absolute atomic E-state index is 14.5. The molecule has 160 valence electrons. The van der Waals surface area contributed by atoms with Gasteiger partial charge in [-0.25, -0.2) is 4.39 Å². The Kier molecular flexibility index (Phi) is 6.21. The first kappa shape index (κ1) is 20.9. The maximum atomic E-state index is 14.5. The van der Waals surface area contributed by atoms with Crippen LogP contribution in [0.25, 0.3) is 5.57 Å². The zero-order valence-electron chi connectivity index (χ0n) is 17.2. The molecule has 1 aromatic carbocycles. The fourth-order valence-corrected chi connectivity index (χ4v) is 4.21. The SMILES string of the molecule is O=C(/C=C1/CCCN(C(=O)c2ccn[nH]2)CC1)C(=O)C1=CCCCc2cccc(F)c21. The van der Waals surface area contributed by atoms with Crippen LogP contribution in [0.4, 0.5) is 4.39 Å². The summed E-state index contributed by atoms with van der Waals surface area (Å²) < 4.78 is 14.5. The molecule has 1 fully saturated rings. The van der Waals surface area contributed by atoms with E-state index in [4.69, 9.17) is 0 Å². The number of nitrogens with one attached hydrogen (secondary N) is 1. The van der Waals surface area contributed by atoms with Crippen LogP contribution in [-0.2, 0) is 16.0 Å². The minimum Gasteiger partial charge on any atom is -0.337 e. The lowest BCUT2D eigenvalue weighted by molar-refractivity contribution is -0.130. The Morgan fingerprint density at radius 3 is 2.74 bits per heavy atom. The molecule has 0 bridgehead atoms. The molecule has 2 aromatic rings. The number of hydrogen-bond donors (Lipinski definition) is 1. The number of allylic oxidation sites excluding steroid dienone is 3. The largest absolute Gasteiger partial charge is 0.337 e. The molecule has 31 heavy (non-hydrogen) atoms. The molecule has 1 saturated heterocycles. The van der Waals surface area contributed by atoms with Gasteiger partial charge in [0.05, 0.1) is 0 Å². The Hall–Kier alpha value is -3.35. The van der Waals surface area contributed by atoms with E-state index in [0.717, 1.165) is 17.6 Å². The van der Waals surface area contributed by atoms with E-state index in [1.807, 2.05) is 6.07 Å². The first-order valence-corrected chi connectivity index (χ1v) is 10.6. The summed E-state index contributed by atoms with van der Waals surface area (Å²) in [6.45, 7) is 1.03. The number of benzene rings is 1. The van der Waals surface area contributed by atoms with Crippen molar-refractivity contribution < 1.29 is 18.8 Å². The van der Waals surface area contributed by atoms with Gasteiger partial charge in [-0.1, -0.05) is 23.8 Å². The number of fused-ring (bicyclic) bond motifs is 1. The summed E-state index contributed by atoms with van der Waals surface area (Å²) in [5.41, 5.74) is 2.45. The molecular weight excluding hydrogens is 397 g/mol. The topological polar surface area (TPSA) is 83.1 Å². The minimum atomic E-state index is -0.671. The Morgan fingerprint density at radius 2 is 1.94 bits per heavy atom. The van der Waals surface area contributed by atoms with Crippen LogP contribution >= 0.6 is 0 Å². The highest BCUT2D eigenvalue weighted by atomic mass is 19.1. The monoisotopic (exact) mass is 421 g/mol. The molecule has 1 amide bonds. The van der Waals surface area contributed by atoms with Crippen molar-refractivity contribution >= 4 is 23.0 Å². The third-order valence-electron chi connectivity index (χ3n) is 5.82. The van der Waals surface area contributed by atoms with Gasteiger partial charge >= 0.3 is 0 Å².